The first-order valence-electron chi connectivity index (χ1n) is 11.2. The van der Waals surface area contributed by atoms with Crippen molar-refractivity contribution in [2.75, 3.05) is 25.0 Å². The van der Waals surface area contributed by atoms with E-state index in [4.69, 9.17) is 4.74 Å². The second kappa shape index (κ2) is 11.3. The molecular weight excluding hydrogens is 436 g/mol. The Labute approximate surface area is 197 Å². The number of esters is 1. The monoisotopic (exact) mass is 466 g/mol. The van der Waals surface area contributed by atoms with Crippen molar-refractivity contribution >= 4 is 34.5 Å². The number of para-hydroxylation sites is 3. The number of benzene rings is 2. The molecule has 180 valence electrons. The predicted octanol–water partition coefficient (Wildman–Crippen LogP) is 2.46. The number of carbonyl (C=O) groups excluding carboxylic acids is 3. The summed E-state index contributed by atoms with van der Waals surface area (Å²) >= 11 is 0. The molecule has 0 atom stereocenters. The number of rotatable bonds is 10. The van der Waals surface area contributed by atoms with Crippen molar-refractivity contribution in [3.8, 4) is 0 Å². The lowest BCUT2D eigenvalue weighted by Crippen LogP contribution is -2.40. The number of hydrogen-bond acceptors (Lipinski definition) is 5. The molecule has 0 saturated heterocycles. The molecule has 9 nitrogen and oxygen atoms in total. The first-order valence-corrected chi connectivity index (χ1v) is 11.2. The molecule has 0 aliphatic rings. The third-order valence-electron chi connectivity index (χ3n) is 5.55. The van der Waals surface area contributed by atoms with E-state index in [9.17, 15) is 19.2 Å². The SMILES string of the molecule is CCCN(CC(=O)Nc1ccccc1C)C(=O)COC(=O)CCn1c(=O)n(C)c2ccccc21. The summed E-state index contributed by atoms with van der Waals surface area (Å²) in [6, 6.07) is 14.7. The van der Waals surface area contributed by atoms with E-state index in [2.05, 4.69) is 5.32 Å². The Bertz CT molecular complexity index is 1240. The fourth-order valence-electron chi connectivity index (χ4n) is 3.73. The fourth-order valence-corrected chi connectivity index (χ4v) is 3.73. The third kappa shape index (κ3) is 5.92. The molecule has 3 rings (SSSR count). The van der Waals surface area contributed by atoms with Crippen LogP contribution in [0.3, 0.4) is 0 Å². The standard InChI is InChI=1S/C25H30N4O5/c1-4-14-28(16-22(30)26-19-10-6-5-9-18(19)2)23(31)17-34-24(32)13-15-29-21-12-8-7-11-20(21)27(3)25(29)33/h5-12H,4,13-17H2,1-3H3,(H,26,30). The van der Waals surface area contributed by atoms with Gasteiger partial charge in [-0.15, -0.1) is 0 Å². The van der Waals surface area contributed by atoms with Crippen molar-refractivity contribution in [3.63, 3.8) is 0 Å². The summed E-state index contributed by atoms with van der Waals surface area (Å²) in [5.41, 5.74) is 2.89. The molecule has 2 aromatic carbocycles. The molecule has 0 aliphatic carbocycles. The maximum absolute atomic E-state index is 12.6. The first kappa shape index (κ1) is 24.8. The Kier molecular flexibility index (Phi) is 8.24. The molecule has 0 fully saturated rings. The summed E-state index contributed by atoms with van der Waals surface area (Å²) in [6.07, 6.45) is 0.601. The highest BCUT2D eigenvalue weighted by molar-refractivity contribution is 5.95. The van der Waals surface area contributed by atoms with Crippen LogP contribution in [-0.4, -0.2) is 51.5 Å². The normalized spacial score (nSPS) is 10.8. The zero-order chi connectivity index (χ0) is 24.7. The third-order valence-corrected chi connectivity index (χ3v) is 5.55. The summed E-state index contributed by atoms with van der Waals surface area (Å²) in [5.74, 6) is -1.36. The quantitative estimate of drug-likeness (QED) is 0.463. The Balaban J connectivity index is 1.53. The molecule has 9 heteroatoms. The first-order chi connectivity index (χ1) is 16.3. The van der Waals surface area contributed by atoms with Crippen LogP contribution in [0.15, 0.2) is 53.3 Å². The highest BCUT2D eigenvalue weighted by atomic mass is 16.5. The second-order valence-corrected chi connectivity index (χ2v) is 8.07. The number of imidazole rings is 1. The molecule has 0 radical (unpaired) electrons. The van der Waals surface area contributed by atoms with Gasteiger partial charge in [0.05, 0.1) is 24.0 Å². The number of hydrogen-bond donors (Lipinski definition) is 1. The fraction of sp³-hybridized carbons (Fsp3) is 0.360. The van der Waals surface area contributed by atoms with E-state index < -0.39 is 18.5 Å². The van der Waals surface area contributed by atoms with Crippen molar-refractivity contribution in [2.45, 2.75) is 33.2 Å². The smallest absolute Gasteiger partial charge is 0.328 e. The lowest BCUT2D eigenvalue weighted by molar-refractivity contribution is -0.152. The molecule has 0 saturated carbocycles. The van der Waals surface area contributed by atoms with Crippen molar-refractivity contribution in [1.82, 2.24) is 14.0 Å². The van der Waals surface area contributed by atoms with Crippen LogP contribution in [0, 0.1) is 6.92 Å². The van der Waals surface area contributed by atoms with Crippen molar-refractivity contribution in [2.24, 2.45) is 7.05 Å². The van der Waals surface area contributed by atoms with Gasteiger partial charge >= 0.3 is 11.7 Å². The summed E-state index contributed by atoms with van der Waals surface area (Å²) in [4.78, 5) is 51.1. The Hall–Kier alpha value is -3.88. The van der Waals surface area contributed by atoms with Crippen LogP contribution in [0.1, 0.15) is 25.3 Å². The predicted molar refractivity (Wildman–Crippen MR) is 129 cm³/mol. The minimum Gasteiger partial charge on any atom is -0.456 e. The van der Waals surface area contributed by atoms with Crippen molar-refractivity contribution in [1.29, 1.82) is 0 Å². The summed E-state index contributed by atoms with van der Waals surface area (Å²) in [5, 5.41) is 2.80. The van der Waals surface area contributed by atoms with Crippen LogP contribution in [0.4, 0.5) is 5.69 Å². The van der Waals surface area contributed by atoms with Gasteiger partial charge in [-0.2, -0.15) is 0 Å². The molecule has 0 spiro atoms. The van der Waals surface area contributed by atoms with E-state index in [0.717, 1.165) is 16.6 Å². The topological polar surface area (TPSA) is 103 Å². The number of amides is 2. The Morgan fingerprint density at radius 2 is 1.71 bits per heavy atom. The van der Waals surface area contributed by atoms with Gasteiger partial charge in [-0.1, -0.05) is 37.3 Å². The van der Waals surface area contributed by atoms with Gasteiger partial charge in [0.25, 0.3) is 5.91 Å². The molecule has 1 N–H and O–H groups in total. The molecular formula is C25H30N4O5. The lowest BCUT2D eigenvalue weighted by Gasteiger charge is -2.21. The van der Waals surface area contributed by atoms with E-state index in [0.29, 0.717) is 18.7 Å². The number of carbonyl (C=O) groups is 3. The maximum atomic E-state index is 12.6. The van der Waals surface area contributed by atoms with E-state index >= 15 is 0 Å². The zero-order valence-electron chi connectivity index (χ0n) is 19.7. The van der Waals surface area contributed by atoms with Crippen LogP contribution in [0.2, 0.25) is 0 Å². The minimum absolute atomic E-state index is 0.0528. The highest BCUT2D eigenvalue weighted by Gasteiger charge is 2.19. The summed E-state index contributed by atoms with van der Waals surface area (Å²) in [6.45, 7) is 3.70. The van der Waals surface area contributed by atoms with Gasteiger partial charge in [0, 0.05) is 25.8 Å². The van der Waals surface area contributed by atoms with Gasteiger partial charge in [0.15, 0.2) is 6.61 Å². The number of aromatic nitrogens is 2. The highest BCUT2D eigenvalue weighted by Crippen LogP contribution is 2.13. The number of nitrogens with one attached hydrogen (secondary N) is 1. The van der Waals surface area contributed by atoms with E-state index in [1.807, 2.05) is 56.3 Å². The molecule has 1 aromatic heterocycles. The van der Waals surface area contributed by atoms with Gasteiger partial charge < -0.3 is 15.0 Å². The lowest BCUT2D eigenvalue weighted by atomic mass is 10.2. The van der Waals surface area contributed by atoms with Gasteiger partial charge in [-0.05, 0) is 37.1 Å². The van der Waals surface area contributed by atoms with Crippen molar-refractivity contribution in [3.05, 3.63) is 64.6 Å². The molecule has 0 aliphatic heterocycles. The number of aryl methyl sites for hydroxylation is 3. The zero-order valence-corrected chi connectivity index (χ0v) is 19.7. The number of fused-ring (bicyclic) bond motifs is 1. The summed E-state index contributed by atoms with van der Waals surface area (Å²) in [7, 11) is 1.68. The Morgan fingerprint density at radius 1 is 1.03 bits per heavy atom. The number of anilines is 1. The molecule has 0 bridgehead atoms. The number of ether oxygens (including phenoxy) is 1. The second-order valence-electron chi connectivity index (χ2n) is 8.07. The molecule has 0 unspecified atom stereocenters. The van der Waals surface area contributed by atoms with Crippen molar-refractivity contribution < 1.29 is 19.1 Å². The van der Waals surface area contributed by atoms with Crippen LogP contribution in [0.5, 0.6) is 0 Å². The summed E-state index contributed by atoms with van der Waals surface area (Å²) < 4.78 is 8.18. The molecule has 34 heavy (non-hydrogen) atoms. The van der Waals surface area contributed by atoms with Gasteiger partial charge in [0.2, 0.25) is 5.91 Å². The average molecular weight is 467 g/mol. The molecule has 2 amide bonds. The van der Waals surface area contributed by atoms with Gasteiger partial charge in [0.1, 0.15) is 0 Å². The van der Waals surface area contributed by atoms with Gasteiger partial charge in [-0.25, -0.2) is 4.79 Å². The van der Waals surface area contributed by atoms with E-state index in [1.54, 1.807) is 13.1 Å². The Morgan fingerprint density at radius 3 is 2.41 bits per heavy atom. The average Bonchev–Trinajstić information content (AvgIpc) is 3.07. The van der Waals surface area contributed by atoms with Crippen LogP contribution in [-0.2, 0) is 32.7 Å². The van der Waals surface area contributed by atoms with Crippen LogP contribution < -0.4 is 11.0 Å². The maximum Gasteiger partial charge on any atom is 0.328 e. The molecule has 1 heterocycles. The van der Waals surface area contributed by atoms with Gasteiger partial charge in [-0.3, -0.25) is 23.5 Å². The van der Waals surface area contributed by atoms with Crippen LogP contribution in [0.25, 0.3) is 11.0 Å². The van der Waals surface area contributed by atoms with E-state index in [1.165, 1.54) is 14.0 Å². The number of nitrogens with zero attached hydrogens (tertiary/aromatic N) is 3. The van der Waals surface area contributed by atoms with Crippen LogP contribution >= 0.6 is 0 Å². The largest absolute Gasteiger partial charge is 0.456 e. The molecule has 3 aromatic rings. The minimum atomic E-state index is -0.589. The van der Waals surface area contributed by atoms with E-state index in [-0.39, 0.29) is 31.1 Å².